The van der Waals surface area contributed by atoms with Gasteiger partial charge >= 0.3 is 0 Å². The number of hydrogen-bond donors (Lipinski definition) is 1. The molecule has 2 aromatic heterocycles. The summed E-state index contributed by atoms with van der Waals surface area (Å²) in [7, 11) is 0. The summed E-state index contributed by atoms with van der Waals surface area (Å²) in [5.41, 5.74) is 2.44. The van der Waals surface area contributed by atoms with E-state index in [2.05, 4.69) is 22.9 Å². The van der Waals surface area contributed by atoms with Crippen LogP contribution in [0.3, 0.4) is 0 Å². The minimum Gasteiger partial charge on any atom is -0.324 e. The van der Waals surface area contributed by atoms with Crippen LogP contribution >= 0.6 is 34.5 Å². The number of para-hydroxylation sites is 3. The van der Waals surface area contributed by atoms with Gasteiger partial charge in [-0.2, -0.15) is 0 Å². The van der Waals surface area contributed by atoms with E-state index in [0.717, 1.165) is 28.3 Å². The Morgan fingerprint density at radius 3 is 2.56 bits per heavy atom. The highest BCUT2D eigenvalue weighted by Crippen LogP contribution is 2.33. The van der Waals surface area contributed by atoms with Gasteiger partial charge in [-0.05, 0) is 43.3 Å². The molecule has 0 saturated carbocycles. The lowest BCUT2D eigenvalue weighted by atomic mass is 10.3. The summed E-state index contributed by atoms with van der Waals surface area (Å²) in [6, 6.07) is 16.8. The maximum Gasteiger partial charge on any atom is 0.265 e. The smallest absolute Gasteiger partial charge is 0.265 e. The van der Waals surface area contributed by atoms with Crippen molar-refractivity contribution in [1.29, 1.82) is 0 Å². The normalized spacial score (nSPS) is 11.1. The number of halogens is 2. The molecule has 0 fully saturated rings. The Balaban J connectivity index is 1.67. The van der Waals surface area contributed by atoms with Crippen LogP contribution in [0, 0.1) is 0 Å². The summed E-state index contributed by atoms with van der Waals surface area (Å²) < 4.78 is 2.15. The van der Waals surface area contributed by atoms with E-state index >= 15 is 0 Å². The Labute approximate surface area is 170 Å². The lowest BCUT2D eigenvalue weighted by molar-refractivity contribution is 0.103. The largest absolute Gasteiger partial charge is 0.324 e. The van der Waals surface area contributed by atoms with Crippen LogP contribution in [-0.4, -0.2) is 15.5 Å². The molecule has 0 aliphatic rings. The van der Waals surface area contributed by atoms with Gasteiger partial charge in [0.15, 0.2) is 5.82 Å². The zero-order valence-electron chi connectivity index (χ0n) is 14.4. The number of hydrogen-bond acceptors (Lipinski definition) is 3. The van der Waals surface area contributed by atoms with Crippen LogP contribution in [0.2, 0.25) is 10.0 Å². The molecule has 4 aromatic rings. The van der Waals surface area contributed by atoms with Gasteiger partial charge in [0.2, 0.25) is 0 Å². The molecule has 7 heteroatoms. The molecule has 0 aliphatic carbocycles. The van der Waals surface area contributed by atoms with Crippen molar-refractivity contribution >= 4 is 57.2 Å². The highest BCUT2D eigenvalue weighted by atomic mass is 35.5. The number of fused-ring (bicyclic) bond motifs is 1. The molecule has 2 aromatic carbocycles. The predicted octanol–water partition coefficient (Wildman–Crippen LogP) is 6.34. The minimum atomic E-state index is -0.250. The summed E-state index contributed by atoms with van der Waals surface area (Å²) in [6.45, 7) is 2.88. The maximum atomic E-state index is 12.6. The number of nitrogens with zero attached hydrogens (tertiary/aromatic N) is 2. The highest BCUT2D eigenvalue weighted by molar-refractivity contribution is 7.17. The molecule has 0 unspecified atom stereocenters. The quantitative estimate of drug-likeness (QED) is 0.422. The number of rotatable bonds is 4. The van der Waals surface area contributed by atoms with E-state index in [1.165, 1.54) is 11.3 Å². The molecule has 0 radical (unpaired) electrons. The number of nitrogens with one attached hydrogen (secondary N) is 1. The third kappa shape index (κ3) is 3.34. The van der Waals surface area contributed by atoms with E-state index in [4.69, 9.17) is 28.2 Å². The zero-order valence-corrected chi connectivity index (χ0v) is 16.7. The van der Waals surface area contributed by atoms with Gasteiger partial charge in [0.1, 0.15) is 0 Å². The monoisotopic (exact) mass is 415 g/mol. The number of aromatic nitrogens is 2. The van der Waals surface area contributed by atoms with E-state index < -0.39 is 0 Å². The van der Waals surface area contributed by atoms with Gasteiger partial charge in [0.25, 0.3) is 5.91 Å². The van der Waals surface area contributed by atoms with E-state index in [1.54, 1.807) is 24.3 Å². The molecule has 0 atom stereocenters. The summed E-state index contributed by atoms with van der Waals surface area (Å²) in [6.07, 6.45) is 0. The van der Waals surface area contributed by atoms with Crippen molar-refractivity contribution in [2.24, 2.45) is 0 Å². The third-order valence-corrected chi connectivity index (χ3v) is 5.93. The number of benzene rings is 2. The molecular weight excluding hydrogens is 401 g/mol. The predicted molar refractivity (Wildman–Crippen MR) is 113 cm³/mol. The fraction of sp³-hybridized carbons (Fsp3) is 0.100. The fourth-order valence-corrected chi connectivity index (χ4v) is 4.35. The molecule has 4 nitrogen and oxygen atoms in total. The molecule has 4 rings (SSSR count). The number of anilines is 1. The van der Waals surface area contributed by atoms with Crippen LogP contribution in [0.1, 0.15) is 16.6 Å². The van der Waals surface area contributed by atoms with Gasteiger partial charge in [0.05, 0.1) is 36.5 Å². The number of carbonyl (C=O) groups is 1. The van der Waals surface area contributed by atoms with E-state index in [1.807, 2.05) is 24.3 Å². The average molecular weight is 416 g/mol. The lowest BCUT2D eigenvalue weighted by Crippen LogP contribution is -2.10. The van der Waals surface area contributed by atoms with Gasteiger partial charge in [-0.25, -0.2) is 4.98 Å². The first-order valence-corrected chi connectivity index (χ1v) is 9.96. The Morgan fingerprint density at radius 1 is 1.07 bits per heavy atom. The van der Waals surface area contributed by atoms with Crippen molar-refractivity contribution < 1.29 is 4.79 Å². The molecule has 0 aliphatic heterocycles. The first-order chi connectivity index (χ1) is 13.1. The van der Waals surface area contributed by atoms with E-state index in [-0.39, 0.29) is 5.91 Å². The lowest BCUT2D eigenvalue weighted by Gasteiger charge is -2.07. The number of thiophene rings is 1. The van der Waals surface area contributed by atoms with Crippen molar-refractivity contribution in [1.82, 2.24) is 9.55 Å². The van der Waals surface area contributed by atoms with Gasteiger partial charge in [-0.1, -0.05) is 41.4 Å². The second-order valence-electron chi connectivity index (χ2n) is 5.88. The second kappa shape index (κ2) is 7.35. The van der Waals surface area contributed by atoms with Gasteiger partial charge in [0, 0.05) is 6.54 Å². The number of imidazole rings is 1. The molecule has 1 N–H and O–H groups in total. The molecule has 1 amide bonds. The zero-order chi connectivity index (χ0) is 19.0. The maximum absolute atomic E-state index is 12.6. The highest BCUT2D eigenvalue weighted by Gasteiger charge is 2.17. The Kier molecular flexibility index (Phi) is 4.91. The summed E-state index contributed by atoms with van der Waals surface area (Å²) >= 11 is 13.7. The van der Waals surface area contributed by atoms with Crippen molar-refractivity contribution in [3.63, 3.8) is 0 Å². The standard InChI is InChI=1S/C20H15Cl2N3OS/c1-2-25-15-9-4-3-8-14(15)23-19(25)16-10-11-17(27-16)20(26)24-18-12(21)6-5-7-13(18)22/h3-11H,2H2,1H3,(H,24,26). The second-order valence-corrected chi connectivity index (χ2v) is 7.78. The topological polar surface area (TPSA) is 46.9 Å². The van der Waals surface area contributed by atoms with Gasteiger partial charge in [-0.15, -0.1) is 11.3 Å². The number of carbonyl (C=O) groups excluding carboxylic acids is 1. The first kappa shape index (κ1) is 18.0. The average Bonchev–Trinajstić information content (AvgIpc) is 3.29. The van der Waals surface area contributed by atoms with Gasteiger partial charge in [-0.3, -0.25) is 4.79 Å². The molecule has 27 heavy (non-hydrogen) atoms. The van der Waals surface area contributed by atoms with Crippen molar-refractivity contribution in [3.8, 4) is 10.7 Å². The van der Waals surface area contributed by atoms with Gasteiger partial charge < -0.3 is 9.88 Å². The first-order valence-electron chi connectivity index (χ1n) is 8.39. The number of aryl methyl sites for hydroxylation is 1. The molecule has 136 valence electrons. The van der Waals surface area contributed by atoms with Crippen LogP contribution in [0.25, 0.3) is 21.7 Å². The number of amides is 1. The van der Waals surface area contributed by atoms with Crippen LogP contribution in [0.15, 0.2) is 54.6 Å². The SMILES string of the molecule is CCn1c(-c2ccc(C(=O)Nc3c(Cl)cccc3Cl)s2)nc2ccccc21. The summed E-state index contributed by atoms with van der Waals surface area (Å²) in [5.74, 6) is 0.610. The van der Waals surface area contributed by atoms with Crippen molar-refractivity contribution in [2.45, 2.75) is 13.5 Å². The molecular formula is C20H15Cl2N3OS. The minimum absolute atomic E-state index is 0.250. The molecule has 0 bridgehead atoms. The summed E-state index contributed by atoms with van der Waals surface area (Å²) in [4.78, 5) is 18.9. The Bertz CT molecular complexity index is 1130. The fourth-order valence-electron chi connectivity index (χ4n) is 2.96. The Hall–Kier alpha value is -2.34. The summed E-state index contributed by atoms with van der Waals surface area (Å²) in [5, 5.41) is 3.60. The van der Waals surface area contributed by atoms with E-state index in [0.29, 0.717) is 20.6 Å². The molecule has 2 heterocycles. The van der Waals surface area contributed by atoms with Crippen molar-refractivity contribution in [3.05, 3.63) is 69.5 Å². The van der Waals surface area contributed by atoms with Crippen LogP contribution in [0.5, 0.6) is 0 Å². The van der Waals surface area contributed by atoms with Crippen LogP contribution < -0.4 is 5.32 Å². The van der Waals surface area contributed by atoms with Crippen LogP contribution in [-0.2, 0) is 6.54 Å². The van der Waals surface area contributed by atoms with E-state index in [9.17, 15) is 4.79 Å². The molecule has 0 saturated heterocycles. The van der Waals surface area contributed by atoms with Crippen LogP contribution in [0.4, 0.5) is 5.69 Å². The third-order valence-electron chi connectivity index (χ3n) is 4.22. The molecule has 0 spiro atoms. The van der Waals surface area contributed by atoms with Crippen molar-refractivity contribution in [2.75, 3.05) is 5.32 Å². The Morgan fingerprint density at radius 2 is 1.81 bits per heavy atom.